The maximum atomic E-state index is 12.7. The summed E-state index contributed by atoms with van der Waals surface area (Å²) < 4.78 is 22.9. The first-order valence-electron chi connectivity index (χ1n) is 8.24. The SMILES string of the molecule is CCCN1C(=O)c2cccc3c(OP(C)(=O)OCN=[N+]=[N-])ccc(c23)C1=O. The van der Waals surface area contributed by atoms with Crippen LogP contribution in [0.5, 0.6) is 5.75 Å². The number of carbonyl (C=O) groups excluding carboxylic acids is 2. The van der Waals surface area contributed by atoms with Gasteiger partial charge in [0.25, 0.3) is 11.8 Å². The number of azide groups is 1. The molecule has 1 aliphatic rings. The van der Waals surface area contributed by atoms with Crippen LogP contribution in [0.25, 0.3) is 21.2 Å². The second kappa shape index (κ2) is 7.40. The van der Waals surface area contributed by atoms with E-state index in [1.165, 1.54) is 17.6 Å². The molecule has 1 heterocycles. The van der Waals surface area contributed by atoms with Crippen molar-refractivity contribution >= 4 is 30.2 Å². The van der Waals surface area contributed by atoms with Crippen LogP contribution < -0.4 is 4.52 Å². The fraction of sp³-hybridized carbons (Fsp3) is 0.294. The van der Waals surface area contributed by atoms with Crippen molar-refractivity contribution in [2.45, 2.75) is 13.3 Å². The molecule has 0 spiro atoms. The van der Waals surface area contributed by atoms with E-state index < -0.39 is 14.3 Å². The molecule has 1 unspecified atom stereocenters. The zero-order chi connectivity index (χ0) is 19.6. The largest absolute Gasteiger partial charge is 0.424 e. The Morgan fingerprint density at radius 1 is 1.19 bits per heavy atom. The average Bonchev–Trinajstić information content (AvgIpc) is 2.64. The van der Waals surface area contributed by atoms with Crippen molar-refractivity contribution < 1.29 is 23.2 Å². The third kappa shape index (κ3) is 3.53. The first-order valence-corrected chi connectivity index (χ1v) is 10.2. The van der Waals surface area contributed by atoms with Crippen LogP contribution in [-0.4, -0.2) is 36.7 Å². The van der Waals surface area contributed by atoms with Crippen molar-refractivity contribution in [2.24, 2.45) is 5.11 Å². The molecule has 0 saturated heterocycles. The Hall–Kier alpha value is -2.86. The number of imide groups is 1. The molecule has 0 aliphatic carbocycles. The summed E-state index contributed by atoms with van der Waals surface area (Å²) >= 11 is 0. The molecule has 3 rings (SSSR count). The van der Waals surface area contributed by atoms with E-state index in [2.05, 4.69) is 10.0 Å². The highest BCUT2D eigenvalue weighted by atomic mass is 31.2. The molecular formula is C17H17N4O5P. The lowest BCUT2D eigenvalue weighted by atomic mass is 9.93. The minimum atomic E-state index is -3.57. The van der Waals surface area contributed by atoms with Gasteiger partial charge in [0.2, 0.25) is 0 Å². The molecule has 2 amide bonds. The molecule has 0 fully saturated rings. The van der Waals surface area contributed by atoms with Gasteiger partial charge in [-0.1, -0.05) is 24.2 Å². The Balaban J connectivity index is 2.07. The van der Waals surface area contributed by atoms with Crippen LogP contribution in [0, 0.1) is 0 Å². The Bertz CT molecular complexity index is 1010. The molecule has 0 aromatic heterocycles. The van der Waals surface area contributed by atoms with Gasteiger partial charge in [-0.2, -0.15) is 0 Å². The molecule has 0 saturated carbocycles. The number of carbonyl (C=O) groups is 2. The third-order valence-electron chi connectivity index (χ3n) is 4.08. The zero-order valence-electron chi connectivity index (χ0n) is 14.8. The fourth-order valence-corrected chi connectivity index (χ4v) is 3.82. The Kier molecular flexibility index (Phi) is 5.19. The summed E-state index contributed by atoms with van der Waals surface area (Å²) in [5, 5.41) is 4.12. The normalized spacial score (nSPS) is 15.4. The first-order chi connectivity index (χ1) is 12.9. The summed E-state index contributed by atoms with van der Waals surface area (Å²) in [4.78, 5) is 29.2. The zero-order valence-corrected chi connectivity index (χ0v) is 15.7. The molecule has 0 N–H and O–H groups in total. The first kappa shape index (κ1) is 18.9. The predicted octanol–water partition coefficient (Wildman–Crippen LogP) is 4.33. The van der Waals surface area contributed by atoms with E-state index >= 15 is 0 Å². The van der Waals surface area contributed by atoms with Crippen LogP contribution in [0.3, 0.4) is 0 Å². The van der Waals surface area contributed by atoms with Crippen LogP contribution in [0.15, 0.2) is 35.4 Å². The lowest BCUT2D eigenvalue weighted by Gasteiger charge is -2.27. The van der Waals surface area contributed by atoms with Gasteiger partial charge in [-0.25, -0.2) is 4.57 Å². The molecule has 9 nitrogen and oxygen atoms in total. The second-order valence-corrected chi connectivity index (χ2v) is 7.94. The summed E-state index contributed by atoms with van der Waals surface area (Å²) in [5.74, 6) is -0.514. The molecule has 2 aromatic rings. The summed E-state index contributed by atoms with van der Waals surface area (Å²) in [6.07, 6.45) is 0.658. The monoisotopic (exact) mass is 388 g/mol. The molecule has 0 bridgehead atoms. The molecule has 10 heteroatoms. The number of rotatable bonds is 7. The standard InChI is InChI=1S/C17H17N4O5P/c1-3-9-21-16(22)12-6-4-5-11-14(8-7-13(15(11)12)17(21)23)26-27(2,24)25-10-19-20-18/h4-8H,3,9-10H2,1-2H3. The summed E-state index contributed by atoms with van der Waals surface area (Å²) in [6.45, 7) is 3.04. The van der Waals surface area contributed by atoms with Gasteiger partial charge in [0.15, 0.2) is 0 Å². The second-order valence-electron chi connectivity index (χ2n) is 5.95. The summed E-state index contributed by atoms with van der Waals surface area (Å²) in [7, 11) is -3.57. The van der Waals surface area contributed by atoms with Crippen LogP contribution in [-0.2, 0) is 9.09 Å². The van der Waals surface area contributed by atoms with E-state index in [1.807, 2.05) is 6.92 Å². The fourth-order valence-electron chi connectivity index (χ4n) is 2.99. The predicted molar refractivity (Wildman–Crippen MR) is 98.9 cm³/mol. The van der Waals surface area contributed by atoms with Gasteiger partial charge in [0, 0.05) is 40.0 Å². The molecule has 0 radical (unpaired) electrons. The highest BCUT2D eigenvalue weighted by molar-refractivity contribution is 7.53. The van der Waals surface area contributed by atoms with Crippen LogP contribution in [0.4, 0.5) is 0 Å². The Morgan fingerprint density at radius 2 is 1.89 bits per heavy atom. The lowest BCUT2D eigenvalue weighted by Crippen LogP contribution is -2.40. The molecular weight excluding hydrogens is 371 g/mol. The number of hydrogen-bond acceptors (Lipinski definition) is 6. The molecule has 2 aromatic carbocycles. The van der Waals surface area contributed by atoms with Crippen LogP contribution in [0.2, 0.25) is 0 Å². The van der Waals surface area contributed by atoms with Gasteiger partial charge in [-0.05, 0) is 30.2 Å². The van der Waals surface area contributed by atoms with Gasteiger partial charge in [0.05, 0.1) is 0 Å². The van der Waals surface area contributed by atoms with Gasteiger partial charge in [-0.15, -0.1) is 0 Å². The van der Waals surface area contributed by atoms with Crippen molar-refractivity contribution in [3.05, 3.63) is 51.9 Å². The summed E-state index contributed by atoms with van der Waals surface area (Å²) in [6, 6.07) is 8.07. The summed E-state index contributed by atoms with van der Waals surface area (Å²) in [5.41, 5.74) is 9.06. The van der Waals surface area contributed by atoms with E-state index in [9.17, 15) is 14.2 Å². The van der Waals surface area contributed by atoms with E-state index in [0.29, 0.717) is 34.9 Å². The van der Waals surface area contributed by atoms with Gasteiger partial charge in [-0.3, -0.25) is 19.0 Å². The maximum Gasteiger partial charge on any atom is 0.376 e. The van der Waals surface area contributed by atoms with E-state index in [1.54, 1.807) is 24.3 Å². The van der Waals surface area contributed by atoms with Crippen molar-refractivity contribution in [3.8, 4) is 5.75 Å². The smallest absolute Gasteiger partial charge is 0.376 e. The van der Waals surface area contributed by atoms with E-state index in [4.69, 9.17) is 14.6 Å². The van der Waals surface area contributed by atoms with Crippen LogP contribution in [0.1, 0.15) is 34.1 Å². The quantitative estimate of drug-likeness (QED) is 0.230. The number of benzene rings is 2. The van der Waals surface area contributed by atoms with Gasteiger partial charge < -0.3 is 4.52 Å². The van der Waals surface area contributed by atoms with Crippen molar-refractivity contribution in [1.29, 1.82) is 0 Å². The van der Waals surface area contributed by atoms with Gasteiger partial charge >= 0.3 is 7.60 Å². The molecule has 1 aliphatic heterocycles. The molecule has 27 heavy (non-hydrogen) atoms. The maximum absolute atomic E-state index is 12.7. The third-order valence-corrected chi connectivity index (χ3v) is 5.19. The van der Waals surface area contributed by atoms with Gasteiger partial charge in [0.1, 0.15) is 12.5 Å². The minimum Gasteiger partial charge on any atom is -0.424 e. The minimum absolute atomic E-state index is 0.215. The average molecular weight is 388 g/mol. The number of hydrogen-bond donors (Lipinski definition) is 0. The molecule has 140 valence electrons. The highest BCUT2D eigenvalue weighted by Gasteiger charge is 2.33. The van der Waals surface area contributed by atoms with Crippen molar-refractivity contribution in [3.63, 3.8) is 0 Å². The lowest BCUT2D eigenvalue weighted by molar-refractivity contribution is 0.0610. The molecule has 1 atom stereocenters. The topological polar surface area (TPSA) is 122 Å². The Labute approximate surface area is 155 Å². The van der Waals surface area contributed by atoms with Crippen molar-refractivity contribution in [1.82, 2.24) is 4.90 Å². The number of amides is 2. The van der Waals surface area contributed by atoms with E-state index in [-0.39, 0.29) is 17.6 Å². The highest BCUT2D eigenvalue weighted by Crippen LogP contribution is 2.47. The Morgan fingerprint density at radius 3 is 2.56 bits per heavy atom. The van der Waals surface area contributed by atoms with Crippen LogP contribution >= 0.6 is 7.60 Å². The van der Waals surface area contributed by atoms with Crippen molar-refractivity contribution in [2.75, 3.05) is 19.9 Å². The number of nitrogens with zero attached hydrogens (tertiary/aromatic N) is 4. The van der Waals surface area contributed by atoms with E-state index in [0.717, 1.165) is 0 Å².